The summed E-state index contributed by atoms with van der Waals surface area (Å²) >= 11 is 0. The Morgan fingerprint density at radius 3 is 2.27 bits per heavy atom. The first-order valence-electron chi connectivity index (χ1n) is 5.09. The summed E-state index contributed by atoms with van der Waals surface area (Å²) in [7, 11) is 0. The molecule has 82 valence electrons. The molecule has 4 heteroatoms. The molecule has 1 aliphatic rings. The van der Waals surface area contributed by atoms with Crippen LogP contribution in [0, 0.1) is 5.92 Å². The molecule has 0 aromatic carbocycles. The van der Waals surface area contributed by atoms with Crippen molar-refractivity contribution in [3.63, 3.8) is 0 Å². The molecule has 1 aliphatic carbocycles. The SMILES string of the molecule is O=C(O)CCCCCC1C(=O)C=CC1=O. The first-order chi connectivity index (χ1) is 7.11. The molecule has 0 aliphatic heterocycles. The second-order valence-electron chi connectivity index (χ2n) is 3.68. The highest BCUT2D eigenvalue weighted by atomic mass is 16.4. The average Bonchev–Trinajstić information content (AvgIpc) is 2.47. The third-order valence-corrected chi connectivity index (χ3v) is 2.48. The Balaban J connectivity index is 2.13. The first kappa shape index (κ1) is 11.6. The Hall–Kier alpha value is -1.45. The highest BCUT2D eigenvalue weighted by molar-refractivity contribution is 6.18. The van der Waals surface area contributed by atoms with Crippen LogP contribution in [0.4, 0.5) is 0 Å². The van der Waals surface area contributed by atoms with Gasteiger partial charge in [-0.15, -0.1) is 0 Å². The maximum Gasteiger partial charge on any atom is 0.303 e. The molecule has 0 radical (unpaired) electrons. The Bertz CT molecular complexity index is 286. The average molecular weight is 210 g/mol. The number of allylic oxidation sites excluding steroid dienone is 2. The van der Waals surface area contributed by atoms with Crippen LogP contribution < -0.4 is 0 Å². The van der Waals surface area contributed by atoms with E-state index < -0.39 is 11.9 Å². The van der Waals surface area contributed by atoms with Gasteiger partial charge in [-0.2, -0.15) is 0 Å². The molecule has 4 nitrogen and oxygen atoms in total. The van der Waals surface area contributed by atoms with Crippen LogP contribution >= 0.6 is 0 Å². The number of carboxylic acid groups (broad SMARTS) is 1. The van der Waals surface area contributed by atoms with E-state index in [1.807, 2.05) is 0 Å². The molecule has 0 unspecified atom stereocenters. The van der Waals surface area contributed by atoms with E-state index in [0.29, 0.717) is 12.8 Å². The minimum Gasteiger partial charge on any atom is -0.481 e. The number of carboxylic acids is 1. The molecule has 0 bridgehead atoms. The van der Waals surface area contributed by atoms with Crippen molar-refractivity contribution in [3.8, 4) is 0 Å². The van der Waals surface area contributed by atoms with Crippen molar-refractivity contribution in [2.75, 3.05) is 0 Å². The second-order valence-corrected chi connectivity index (χ2v) is 3.68. The van der Waals surface area contributed by atoms with Gasteiger partial charge in [0.15, 0.2) is 11.6 Å². The number of ketones is 2. The van der Waals surface area contributed by atoms with Gasteiger partial charge in [-0.05, 0) is 25.0 Å². The van der Waals surface area contributed by atoms with Crippen LogP contribution in [0.1, 0.15) is 32.1 Å². The lowest BCUT2D eigenvalue weighted by Gasteiger charge is -2.05. The molecule has 1 N–H and O–H groups in total. The lowest BCUT2D eigenvalue weighted by atomic mass is 9.97. The van der Waals surface area contributed by atoms with E-state index in [1.54, 1.807) is 0 Å². The number of aliphatic carboxylic acids is 1. The Labute approximate surface area is 88.0 Å². The van der Waals surface area contributed by atoms with Gasteiger partial charge in [0.1, 0.15) is 0 Å². The van der Waals surface area contributed by atoms with Gasteiger partial charge in [-0.1, -0.05) is 12.8 Å². The monoisotopic (exact) mass is 210 g/mol. The predicted octanol–water partition coefficient (Wildman–Crippen LogP) is 1.35. The number of carbonyl (C=O) groups excluding carboxylic acids is 2. The highest BCUT2D eigenvalue weighted by Gasteiger charge is 2.26. The first-order valence-corrected chi connectivity index (χ1v) is 5.09. The molecule has 0 saturated heterocycles. The van der Waals surface area contributed by atoms with Gasteiger partial charge in [-0.25, -0.2) is 0 Å². The summed E-state index contributed by atoms with van der Waals surface area (Å²) in [5.41, 5.74) is 0. The van der Waals surface area contributed by atoms with Crippen molar-refractivity contribution in [2.45, 2.75) is 32.1 Å². The molecule has 0 heterocycles. The van der Waals surface area contributed by atoms with Gasteiger partial charge in [0.2, 0.25) is 0 Å². The fourth-order valence-corrected chi connectivity index (χ4v) is 1.62. The molecule has 0 saturated carbocycles. The van der Waals surface area contributed by atoms with Crippen molar-refractivity contribution < 1.29 is 19.5 Å². The minimum atomic E-state index is -0.801. The zero-order valence-electron chi connectivity index (χ0n) is 8.44. The standard InChI is InChI=1S/C11H14O4/c12-9-6-7-10(13)8(9)4-2-1-3-5-11(14)15/h6-8H,1-5H2,(H,14,15). The molecule has 0 amide bonds. The van der Waals surface area contributed by atoms with E-state index in [9.17, 15) is 14.4 Å². The Morgan fingerprint density at radius 2 is 1.73 bits per heavy atom. The smallest absolute Gasteiger partial charge is 0.303 e. The second kappa shape index (κ2) is 5.44. The van der Waals surface area contributed by atoms with Gasteiger partial charge < -0.3 is 5.11 Å². The summed E-state index contributed by atoms with van der Waals surface area (Å²) in [6.07, 6.45) is 5.45. The van der Waals surface area contributed by atoms with Crippen molar-refractivity contribution in [2.24, 2.45) is 5.92 Å². The quantitative estimate of drug-likeness (QED) is 0.530. The zero-order chi connectivity index (χ0) is 11.3. The lowest BCUT2D eigenvalue weighted by molar-refractivity contribution is -0.137. The molecule has 15 heavy (non-hydrogen) atoms. The van der Waals surface area contributed by atoms with E-state index in [4.69, 9.17) is 5.11 Å². The topological polar surface area (TPSA) is 71.4 Å². The van der Waals surface area contributed by atoms with E-state index in [0.717, 1.165) is 12.8 Å². The number of unbranched alkanes of at least 4 members (excludes halogenated alkanes) is 2. The molecular weight excluding hydrogens is 196 g/mol. The van der Waals surface area contributed by atoms with Crippen LogP contribution in [0.5, 0.6) is 0 Å². The molecule has 1 rings (SSSR count). The van der Waals surface area contributed by atoms with Crippen molar-refractivity contribution in [1.29, 1.82) is 0 Å². The number of carbonyl (C=O) groups is 3. The summed E-state index contributed by atoms with van der Waals surface area (Å²) in [4.78, 5) is 32.5. The Morgan fingerprint density at radius 1 is 1.13 bits per heavy atom. The maximum atomic E-state index is 11.2. The van der Waals surface area contributed by atoms with Gasteiger partial charge >= 0.3 is 5.97 Å². The molecule has 0 spiro atoms. The fourth-order valence-electron chi connectivity index (χ4n) is 1.62. The predicted molar refractivity (Wildman–Crippen MR) is 53.4 cm³/mol. The zero-order valence-corrected chi connectivity index (χ0v) is 8.44. The largest absolute Gasteiger partial charge is 0.481 e. The number of hydrogen-bond acceptors (Lipinski definition) is 3. The van der Waals surface area contributed by atoms with Crippen LogP contribution in [0.3, 0.4) is 0 Å². The maximum absolute atomic E-state index is 11.2. The third kappa shape index (κ3) is 3.65. The summed E-state index contributed by atoms with van der Waals surface area (Å²) in [5, 5.41) is 8.39. The van der Waals surface area contributed by atoms with Gasteiger partial charge in [0.05, 0.1) is 5.92 Å². The normalized spacial score (nSPS) is 16.3. The molecule has 0 atom stereocenters. The van der Waals surface area contributed by atoms with Crippen molar-refractivity contribution in [3.05, 3.63) is 12.2 Å². The van der Waals surface area contributed by atoms with Crippen LogP contribution in [0.2, 0.25) is 0 Å². The van der Waals surface area contributed by atoms with Crippen LogP contribution in [0.15, 0.2) is 12.2 Å². The summed E-state index contributed by atoms with van der Waals surface area (Å²) in [5.74, 6) is -1.52. The minimum absolute atomic E-state index is 0.113. The number of hydrogen-bond donors (Lipinski definition) is 1. The highest BCUT2D eigenvalue weighted by Crippen LogP contribution is 2.18. The fraction of sp³-hybridized carbons (Fsp3) is 0.545. The molecular formula is C11H14O4. The van der Waals surface area contributed by atoms with E-state index in [1.165, 1.54) is 12.2 Å². The van der Waals surface area contributed by atoms with Crippen LogP contribution in [-0.2, 0) is 14.4 Å². The summed E-state index contributed by atoms with van der Waals surface area (Å²) in [6.45, 7) is 0. The van der Waals surface area contributed by atoms with Crippen LogP contribution in [0.25, 0.3) is 0 Å². The van der Waals surface area contributed by atoms with Gasteiger partial charge in [-0.3, -0.25) is 14.4 Å². The molecule has 0 aromatic rings. The van der Waals surface area contributed by atoms with Crippen molar-refractivity contribution >= 4 is 17.5 Å². The third-order valence-electron chi connectivity index (χ3n) is 2.48. The van der Waals surface area contributed by atoms with Crippen molar-refractivity contribution in [1.82, 2.24) is 0 Å². The molecule has 0 aromatic heterocycles. The number of rotatable bonds is 6. The van der Waals surface area contributed by atoms with Crippen LogP contribution in [-0.4, -0.2) is 22.6 Å². The van der Waals surface area contributed by atoms with Gasteiger partial charge in [0.25, 0.3) is 0 Å². The van der Waals surface area contributed by atoms with E-state index in [-0.39, 0.29) is 18.0 Å². The van der Waals surface area contributed by atoms with E-state index in [2.05, 4.69) is 0 Å². The summed E-state index contributed by atoms with van der Waals surface area (Å²) in [6, 6.07) is 0. The summed E-state index contributed by atoms with van der Waals surface area (Å²) < 4.78 is 0. The lowest BCUT2D eigenvalue weighted by Crippen LogP contribution is -2.15. The van der Waals surface area contributed by atoms with E-state index >= 15 is 0 Å². The Kier molecular flexibility index (Phi) is 4.21. The molecule has 0 fully saturated rings. The van der Waals surface area contributed by atoms with Gasteiger partial charge in [0, 0.05) is 6.42 Å².